The molecule has 0 spiro atoms. The van der Waals surface area contributed by atoms with Crippen LogP contribution in [0.3, 0.4) is 0 Å². The maximum absolute atomic E-state index is 12.6. The van der Waals surface area contributed by atoms with E-state index in [0.29, 0.717) is 6.42 Å². The minimum absolute atomic E-state index is 0.0398. The third-order valence-corrected chi connectivity index (χ3v) is 6.15. The van der Waals surface area contributed by atoms with Crippen LogP contribution in [0.4, 0.5) is 0 Å². The molecule has 2 aromatic rings. The lowest BCUT2D eigenvalue weighted by molar-refractivity contribution is 0.0913. The lowest BCUT2D eigenvalue weighted by atomic mass is 10.1. The topological polar surface area (TPSA) is 90.3 Å². The standard InChI is InChI=1S/C19H25N3O4S/c1-19(2,3)20-18(23)16-11-17(13-5-7-15(26-4)8-6-13)22(21-16)14-9-10-27(24,25)12-14/h5-8,11,14H,9-10,12H2,1-4H3,(H,20,23)/t14-/m1/s1. The minimum Gasteiger partial charge on any atom is -0.497 e. The van der Waals surface area contributed by atoms with E-state index in [0.717, 1.165) is 17.0 Å². The first-order valence-corrected chi connectivity index (χ1v) is 10.7. The summed E-state index contributed by atoms with van der Waals surface area (Å²) in [6.07, 6.45) is 0.494. The van der Waals surface area contributed by atoms with Crippen LogP contribution in [0.1, 0.15) is 43.7 Å². The van der Waals surface area contributed by atoms with Crippen molar-refractivity contribution in [1.29, 1.82) is 0 Å². The van der Waals surface area contributed by atoms with Gasteiger partial charge >= 0.3 is 0 Å². The second-order valence-electron chi connectivity index (χ2n) is 7.85. The van der Waals surface area contributed by atoms with Gasteiger partial charge in [0, 0.05) is 11.1 Å². The molecule has 27 heavy (non-hydrogen) atoms. The molecule has 146 valence electrons. The van der Waals surface area contributed by atoms with Crippen LogP contribution in [0.25, 0.3) is 11.3 Å². The number of amides is 1. The maximum atomic E-state index is 12.6. The largest absolute Gasteiger partial charge is 0.497 e. The van der Waals surface area contributed by atoms with Gasteiger partial charge in [0.2, 0.25) is 0 Å². The van der Waals surface area contributed by atoms with Crippen molar-refractivity contribution < 1.29 is 17.9 Å². The van der Waals surface area contributed by atoms with Gasteiger partial charge in [-0.2, -0.15) is 5.10 Å². The quantitative estimate of drug-likeness (QED) is 0.865. The molecule has 0 radical (unpaired) electrons. The van der Waals surface area contributed by atoms with Crippen LogP contribution < -0.4 is 10.1 Å². The number of nitrogens with one attached hydrogen (secondary N) is 1. The molecule has 1 aliphatic rings. The summed E-state index contributed by atoms with van der Waals surface area (Å²) < 4.78 is 30.8. The van der Waals surface area contributed by atoms with Crippen LogP contribution in [0, 0.1) is 0 Å². The van der Waals surface area contributed by atoms with E-state index in [9.17, 15) is 13.2 Å². The molecule has 1 fully saturated rings. The Labute approximate surface area is 159 Å². The highest BCUT2D eigenvalue weighted by molar-refractivity contribution is 7.91. The van der Waals surface area contributed by atoms with E-state index in [1.165, 1.54) is 0 Å². The molecule has 0 unspecified atom stereocenters. The van der Waals surface area contributed by atoms with Gasteiger partial charge in [-0.1, -0.05) is 0 Å². The normalized spacial score (nSPS) is 19.0. The van der Waals surface area contributed by atoms with Gasteiger partial charge < -0.3 is 10.1 Å². The highest BCUT2D eigenvalue weighted by Gasteiger charge is 2.32. The van der Waals surface area contributed by atoms with Gasteiger partial charge in [-0.05, 0) is 57.5 Å². The summed E-state index contributed by atoms with van der Waals surface area (Å²) in [7, 11) is -1.48. The van der Waals surface area contributed by atoms with E-state index in [1.807, 2.05) is 45.0 Å². The summed E-state index contributed by atoms with van der Waals surface area (Å²) >= 11 is 0. The maximum Gasteiger partial charge on any atom is 0.272 e. The molecule has 1 N–H and O–H groups in total. The Bertz CT molecular complexity index is 940. The van der Waals surface area contributed by atoms with E-state index < -0.39 is 15.4 Å². The number of nitrogens with zero attached hydrogens (tertiary/aromatic N) is 2. The van der Waals surface area contributed by atoms with E-state index >= 15 is 0 Å². The molecule has 1 amide bonds. The average molecular weight is 391 g/mol. The molecule has 0 bridgehead atoms. The zero-order valence-corrected chi connectivity index (χ0v) is 16.8. The summed E-state index contributed by atoms with van der Waals surface area (Å²) in [5.41, 5.74) is 1.46. The van der Waals surface area contributed by atoms with Crippen LogP contribution >= 0.6 is 0 Å². The number of carbonyl (C=O) groups excluding carboxylic acids is 1. The summed E-state index contributed by atoms with van der Waals surface area (Å²) in [5.74, 6) is 0.622. The van der Waals surface area contributed by atoms with Crippen LogP contribution in [0.2, 0.25) is 0 Å². The van der Waals surface area contributed by atoms with E-state index in [1.54, 1.807) is 17.9 Å². The number of rotatable bonds is 4. The second-order valence-corrected chi connectivity index (χ2v) is 10.1. The van der Waals surface area contributed by atoms with Crippen molar-refractivity contribution in [3.8, 4) is 17.0 Å². The van der Waals surface area contributed by atoms with Crippen LogP contribution in [0.5, 0.6) is 5.75 Å². The van der Waals surface area contributed by atoms with Crippen molar-refractivity contribution in [2.75, 3.05) is 18.6 Å². The van der Waals surface area contributed by atoms with Crippen molar-refractivity contribution >= 4 is 15.7 Å². The van der Waals surface area contributed by atoms with Gasteiger partial charge in [-0.25, -0.2) is 8.42 Å². The third-order valence-electron chi connectivity index (χ3n) is 4.40. The molecule has 1 aliphatic heterocycles. The second kappa shape index (κ2) is 6.99. The van der Waals surface area contributed by atoms with Crippen molar-refractivity contribution in [2.24, 2.45) is 0 Å². The highest BCUT2D eigenvalue weighted by atomic mass is 32.2. The predicted octanol–water partition coefficient (Wildman–Crippen LogP) is 2.45. The molecule has 7 nitrogen and oxygen atoms in total. The molecule has 2 heterocycles. The molecule has 8 heteroatoms. The summed E-state index contributed by atoms with van der Waals surface area (Å²) in [6.45, 7) is 5.70. The summed E-state index contributed by atoms with van der Waals surface area (Å²) in [4.78, 5) is 12.6. The van der Waals surface area contributed by atoms with Gasteiger partial charge in [0.25, 0.3) is 5.91 Å². The number of hydrogen-bond acceptors (Lipinski definition) is 5. The smallest absolute Gasteiger partial charge is 0.272 e. The van der Waals surface area contributed by atoms with Crippen molar-refractivity contribution in [3.63, 3.8) is 0 Å². The number of carbonyl (C=O) groups is 1. The lowest BCUT2D eigenvalue weighted by Crippen LogP contribution is -2.40. The van der Waals surface area contributed by atoms with Crippen LogP contribution in [0.15, 0.2) is 30.3 Å². The van der Waals surface area contributed by atoms with Crippen molar-refractivity contribution in [1.82, 2.24) is 15.1 Å². The number of methoxy groups -OCH3 is 1. The lowest BCUT2D eigenvalue weighted by Gasteiger charge is -2.19. The van der Waals surface area contributed by atoms with Gasteiger partial charge in [0.1, 0.15) is 5.75 Å². The van der Waals surface area contributed by atoms with Gasteiger partial charge in [0.15, 0.2) is 15.5 Å². The predicted molar refractivity (Wildman–Crippen MR) is 104 cm³/mol. The Kier molecular flexibility index (Phi) is 5.03. The zero-order chi connectivity index (χ0) is 19.8. The molecule has 0 saturated carbocycles. The van der Waals surface area contributed by atoms with Gasteiger partial charge in [-0.3, -0.25) is 9.48 Å². The minimum atomic E-state index is -3.07. The Morgan fingerprint density at radius 2 is 1.93 bits per heavy atom. The molecular formula is C19H25N3O4S. The average Bonchev–Trinajstić information content (AvgIpc) is 3.17. The zero-order valence-electron chi connectivity index (χ0n) is 16.0. The number of hydrogen-bond donors (Lipinski definition) is 1. The fourth-order valence-corrected chi connectivity index (χ4v) is 4.83. The first kappa shape index (κ1) is 19.4. The first-order valence-electron chi connectivity index (χ1n) is 8.85. The number of aromatic nitrogens is 2. The van der Waals surface area contributed by atoms with Crippen molar-refractivity contribution in [2.45, 2.75) is 38.8 Å². The molecule has 1 aromatic heterocycles. The first-order chi connectivity index (χ1) is 12.6. The Hall–Kier alpha value is -2.35. The monoisotopic (exact) mass is 391 g/mol. The van der Waals surface area contributed by atoms with Gasteiger partial charge in [0.05, 0.1) is 30.4 Å². The fourth-order valence-electron chi connectivity index (χ4n) is 3.13. The number of sulfone groups is 1. The summed E-state index contributed by atoms with van der Waals surface area (Å²) in [6, 6.07) is 8.85. The SMILES string of the molecule is COc1ccc(-c2cc(C(=O)NC(C)(C)C)nn2[C@@H]2CCS(=O)(=O)C2)cc1. The number of benzene rings is 1. The Balaban J connectivity index is 2.02. The van der Waals surface area contributed by atoms with Crippen LogP contribution in [-0.2, 0) is 9.84 Å². The molecule has 1 saturated heterocycles. The molecule has 0 aliphatic carbocycles. The Morgan fingerprint density at radius 1 is 1.26 bits per heavy atom. The van der Waals surface area contributed by atoms with Gasteiger partial charge in [-0.15, -0.1) is 0 Å². The molecule has 1 aromatic carbocycles. The van der Waals surface area contributed by atoms with Crippen LogP contribution in [-0.4, -0.2) is 48.3 Å². The summed E-state index contributed by atoms with van der Waals surface area (Å²) in [5, 5.41) is 7.37. The fraction of sp³-hybridized carbons (Fsp3) is 0.474. The highest BCUT2D eigenvalue weighted by Crippen LogP contribution is 2.31. The van der Waals surface area contributed by atoms with Crippen molar-refractivity contribution in [3.05, 3.63) is 36.0 Å². The molecule has 3 rings (SSSR count). The molecule has 1 atom stereocenters. The Morgan fingerprint density at radius 3 is 2.44 bits per heavy atom. The van der Waals surface area contributed by atoms with E-state index in [-0.39, 0.29) is 29.1 Å². The van der Waals surface area contributed by atoms with E-state index in [4.69, 9.17) is 4.74 Å². The van der Waals surface area contributed by atoms with E-state index in [2.05, 4.69) is 10.4 Å². The third kappa shape index (κ3) is 4.50. The number of ether oxygens (including phenoxy) is 1. The molecular weight excluding hydrogens is 366 g/mol.